The Bertz CT molecular complexity index is 899. The maximum Gasteiger partial charge on any atom is 0.246 e. The Labute approximate surface area is 161 Å². The van der Waals surface area contributed by atoms with E-state index in [9.17, 15) is 8.42 Å². The van der Waals surface area contributed by atoms with E-state index in [-0.39, 0.29) is 12.0 Å². The monoisotopic (exact) mass is 394 g/mol. The first-order valence-corrected chi connectivity index (χ1v) is 11.2. The van der Waals surface area contributed by atoms with E-state index in [4.69, 9.17) is 0 Å². The zero-order chi connectivity index (χ0) is 19.8. The molecule has 0 spiro atoms. The Morgan fingerprint density at radius 3 is 2.63 bits per heavy atom. The van der Waals surface area contributed by atoms with Crippen molar-refractivity contribution < 1.29 is 8.42 Å². The van der Waals surface area contributed by atoms with E-state index in [1.54, 1.807) is 15.3 Å². The lowest BCUT2D eigenvalue weighted by Crippen LogP contribution is -2.40. The highest BCUT2D eigenvalue weighted by atomic mass is 32.2. The van der Waals surface area contributed by atoms with Crippen molar-refractivity contribution >= 4 is 10.0 Å². The third kappa shape index (κ3) is 3.54. The molecule has 0 aromatic carbocycles. The van der Waals surface area contributed by atoms with Gasteiger partial charge in [0.05, 0.1) is 11.4 Å². The lowest BCUT2D eigenvalue weighted by atomic mass is 9.98. The van der Waals surface area contributed by atoms with E-state index in [1.807, 2.05) is 25.5 Å². The van der Waals surface area contributed by atoms with Crippen LogP contribution in [0.3, 0.4) is 0 Å². The van der Waals surface area contributed by atoms with Crippen LogP contribution in [0.5, 0.6) is 0 Å². The summed E-state index contributed by atoms with van der Waals surface area (Å²) >= 11 is 0. The molecule has 0 aliphatic carbocycles. The maximum atomic E-state index is 13.5. The van der Waals surface area contributed by atoms with Crippen molar-refractivity contribution in [1.29, 1.82) is 0 Å². The number of aryl methyl sites for hydroxylation is 2. The molecule has 1 aliphatic heterocycles. The molecule has 1 fully saturated rings. The Balaban J connectivity index is 1.95. The SMILES string of the molecule is CCc1nn(C)c(CC)c1S(=O)(=O)N1CCCC(c2nncn2C(C)C)C1. The molecule has 2 aromatic heterocycles. The van der Waals surface area contributed by atoms with Gasteiger partial charge in [-0.3, -0.25) is 4.68 Å². The second-order valence-electron chi connectivity index (χ2n) is 7.45. The molecule has 1 saturated heterocycles. The zero-order valence-electron chi connectivity index (χ0n) is 16.9. The molecular formula is C18H30N6O2S. The highest BCUT2D eigenvalue weighted by Crippen LogP contribution is 2.32. The van der Waals surface area contributed by atoms with Gasteiger partial charge in [-0.15, -0.1) is 10.2 Å². The largest absolute Gasteiger partial charge is 0.315 e. The number of hydrogen-bond donors (Lipinski definition) is 0. The molecule has 0 bridgehead atoms. The standard InChI is InChI=1S/C18H30N6O2S/c1-6-15-17(16(7-2)22(5)21-15)27(25,26)23-10-8-9-14(11-23)18-20-19-12-24(18)13(3)4/h12-14H,6-11H2,1-5H3. The number of hydrogen-bond acceptors (Lipinski definition) is 5. The first-order chi connectivity index (χ1) is 12.8. The number of rotatable bonds is 6. The fourth-order valence-electron chi connectivity index (χ4n) is 3.96. The average Bonchev–Trinajstić information content (AvgIpc) is 3.26. The quantitative estimate of drug-likeness (QED) is 0.750. The van der Waals surface area contributed by atoms with Crippen molar-refractivity contribution in [2.45, 2.75) is 70.2 Å². The molecule has 0 radical (unpaired) electrons. The van der Waals surface area contributed by atoms with Crippen LogP contribution in [0, 0.1) is 0 Å². The van der Waals surface area contributed by atoms with Crippen LogP contribution in [0.4, 0.5) is 0 Å². The van der Waals surface area contributed by atoms with E-state index in [1.165, 1.54) is 0 Å². The van der Waals surface area contributed by atoms with E-state index >= 15 is 0 Å². The normalized spacial score (nSPS) is 19.1. The summed E-state index contributed by atoms with van der Waals surface area (Å²) in [5.74, 6) is 0.938. The minimum absolute atomic E-state index is 0.0604. The van der Waals surface area contributed by atoms with Gasteiger partial charge in [0.2, 0.25) is 10.0 Å². The minimum atomic E-state index is -3.59. The average molecular weight is 395 g/mol. The highest BCUT2D eigenvalue weighted by Gasteiger charge is 2.36. The minimum Gasteiger partial charge on any atom is -0.315 e. The second-order valence-corrected chi connectivity index (χ2v) is 9.32. The second kappa shape index (κ2) is 7.71. The van der Waals surface area contributed by atoms with Crippen LogP contribution in [0.2, 0.25) is 0 Å². The van der Waals surface area contributed by atoms with Crippen LogP contribution in [-0.4, -0.2) is 50.4 Å². The van der Waals surface area contributed by atoms with Gasteiger partial charge in [0.1, 0.15) is 17.0 Å². The van der Waals surface area contributed by atoms with Gasteiger partial charge in [-0.2, -0.15) is 9.40 Å². The van der Waals surface area contributed by atoms with Gasteiger partial charge in [0.15, 0.2) is 0 Å². The van der Waals surface area contributed by atoms with Crippen molar-refractivity contribution in [3.05, 3.63) is 23.5 Å². The molecule has 0 saturated carbocycles. The summed E-state index contributed by atoms with van der Waals surface area (Å²) in [6, 6.07) is 0.249. The first kappa shape index (κ1) is 20.0. The summed E-state index contributed by atoms with van der Waals surface area (Å²) in [6.45, 7) is 9.07. The molecule has 27 heavy (non-hydrogen) atoms. The zero-order valence-corrected chi connectivity index (χ0v) is 17.7. The maximum absolute atomic E-state index is 13.5. The number of nitrogens with zero attached hydrogens (tertiary/aromatic N) is 6. The van der Waals surface area contributed by atoms with E-state index in [2.05, 4.69) is 29.1 Å². The van der Waals surface area contributed by atoms with Crippen LogP contribution in [0.25, 0.3) is 0 Å². The highest BCUT2D eigenvalue weighted by molar-refractivity contribution is 7.89. The van der Waals surface area contributed by atoms with Gasteiger partial charge >= 0.3 is 0 Å². The topological polar surface area (TPSA) is 85.9 Å². The van der Waals surface area contributed by atoms with Gasteiger partial charge < -0.3 is 4.57 Å². The van der Waals surface area contributed by atoms with Crippen LogP contribution in [0.15, 0.2) is 11.2 Å². The number of piperidine rings is 1. The van der Waals surface area contributed by atoms with Crippen LogP contribution in [-0.2, 0) is 29.9 Å². The van der Waals surface area contributed by atoms with Crippen molar-refractivity contribution in [2.24, 2.45) is 7.05 Å². The van der Waals surface area contributed by atoms with E-state index in [0.29, 0.717) is 36.5 Å². The van der Waals surface area contributed by atoms with E-state index in [0.717, 1.165) is 24.4 Å². The molecule has 3 rings (SSSR count). The number of sulfonamides is 1. The summed E-state index contributed by atoms with van der Waals surface area (Å²) in [6.07, 6.45) is 4.71. The fraction of sp³-hybridized carbons (Fsp3) is 0.722. The fourth-order valence-corrected chi connectivity index (χ4v) is 6.02. The molecule has 8 nitrogen and oxygen atoms in total. The van der Waals surface area contributed by atoms with Crippen molar-refractivity contribution in [1.82, 2.24) is 28.9 Å². The molecule has 0 amide bonds. The van der Waals surface area contributed by atoms with Gasteiger partial charge in [-0.05, 0) is 39.5 Å². The molecule has 1 aliphatic rings. The Kier molecular flexibility index (Phi) is 5.71. The third-order valence-electron chi connectivity index (χ3n) is 5.36. The van der Waals surface area contributed by atoms with E-state index < -0.39 is 10.0 Å². The first-order valence-electron chi connectivity index (χ1n) is 9.75. The van der Waals surface area contributed by atoms with Gasteiger partial charge in [0, 0.05) is 32.1 Å². The molecule has 150 valence electrons. The molecule has 1 atom stereocenters. The van der Waals surface area contributed by atoms with Crippen molar-refractivity contribution in [2.75, 3.05) is 13.1 Å². The van der Waals surface area contributed by atoms with Gasteiger partial charge in [-0.1, -0.05) is 13.8 Å². The van der Waals surface area contributed by atoms with Crippen molar-refractivity contribution in [3.63, 3.8) is 0 Å². The van der Waals surface area contributed by atoms with Crippen LogP contribution >= 0.6 is 0 Å². The molecule has 2 aromatic rings. The summed E-state index contributed by atoms with van der Waals surface area (Å²) in [7, 11) is -1.77. The smallest absolute Gasteiger partial charge is 0.246 e. The lowest BCUT2D eigenvalue weighted by Gasteiger charge is -2.32. The van der Waals surface area contributed by atoms with Crippen LogP contribution in [0.1, 0.15) is 69.7 Å². The summed E-state index contributed by atoms with van der Waals surface area (Å²) in [4.78, 5) is 0.404. The van der Waals surface area contributed by atoms with Crippen molar-refractivity contribution in [3.8, 4) is 0 Å². The summed E-state index contributed by atoms with van der Waals surface area (Å²) < 4.78 is 32.4. The molecule has 0 N–H and O–H groups in total. The predicted molar refractivity (Wildman–Crippen MR) is 103 cm³/mol. The molecular weight excluding hydrogens is 364 g/mol. The Morgan fingerprint density at radius 1 is 1.26 bits per heavy atom. The molecule has 1 unspecified atom stereocenters. The van der Waals surface area contributed by atoms with Gasteiger partial charge in [-0.25, -0.2) is 8.42 Å². The molecule has 9 heteroatoms. The third-order valence-corrected chi connectivity index (χ3v) is 7.36. The summed E-state index contributed by atoms with van der Waals surface area (Å²) in [5.41, 5.74) is 1.43. The Morgan fingerprint density at radius 2 is 2.00 bits per heavy atom. The van der Waals surface area contributed by atoms with Crippen LogP contribution < -0.4 is 0 Å². The van der Waals surface area contributed by atoms with Gasteiger partial charge in [0.25, 0.3) is 0 Å². The predicted octanol–water partition coefficient (Wildman–Crippen LogP) is 2.29. The summed E-state index contributed by atoms with van der Waals surface area (Å²) in [5, 5.41) is 12.8. The number of aromatic nitrogens is 5. The molecule has 3 heterocycles. The lowest BCUT2D eigenvalue weighted by molar-refractivity contribution is 0.302. The Hall–Kier alpha value is -1.74.